The zero-order valence-electron chi connectivity index (χ0n) is 13.8. The first-order valence-electron chi connectivity index (χ1n) is 7.77. The van der Waals surface area contributed by atoms with Crippen LogP contribution in [0.5, 0.6) is 0 Å². The van der Waals surface area contributed by atoms with E-state index in [2.05, 4.69) is 16.8 Å². The minimum atomic E-state index is -4.45. The number of aliphatic carboxylic acids is 1. The molecule has 0 aliphatic rings. The fraction of sp³-hybridized carbons (Fsp3) is 0.158. The van der Waals surface area contributed by atoms with E-state index in [0.29, 0.717) is 17.0 Å². The van der Waals surface area contributed by atoms with Crippen molar-refractivity contribution >= 4 is 11.6 Å². The van der Waals surface area contributed by atoms with Crippen LogP contribution < -0.4 is 5.11 Å². The van der Waals surface area contributed by atoms with Crippen molar-refractivity contribution in [3.8, 4) is 11.8 Å². The Hall–Kier alpha value is -3.31. The molecule has 27 heavy (non-hydrogen) atoms. The highest BCUT2D eigenvalue weighted by Crippen LogP contribution is 2.29. The third kappa shape index (κ3) is 4.46. The first-order chi connectivity index (χ1) is 12.8. The largest absolute Gasteiger partial charge is 0.548 e. The van der Waals surface area contributed by atoms with Crippen molar-refractivity contribution in [2.75, 3.05) is 6.61 Å². The number of alkyl halides is 3. The number of carboxylic acids is 1. The minimum Gasteiger partial charge on any atom is -0.548 e. The molecule has 0 unspecified atom stereocenters. The fourth-order valence-corrected chi connectivity index (χ4v) is 2.41. The molecule has 3 aromatic rings. The van der Waals surface area contributed by atoms with Gasteiger partial charge in [-0.2, -0.15) is 13.2 Å². The molecule has 0 atom stereocenters. The van der Waals surface area contributed by atoms with Crippen LogP contribution in [0.1, 0.15) is 22.5 Å². The predicted octanol–water partition coefficient (Wildman–Crippen LogP) is 2.02. The van der Waals surface area contributed by atoms with Crippen molar-refractivity contribution in [3.05, 3.63) is 71.2 Å². The molecule has 0 bridgehead atoms. The van der Waals surface area contributed by atoms with Crippen molar-refractivity contribution in [1.82, 2.24) is 9.38 Å². The Kier molecular flexibility index (Phi) is 5.14. The Bertz CT molecular complexity index is 1050. The third-order valence-corrected chi connectivity index (χ3v) is 3.58. The highest BCUT2D eigenvalue weighted by Gasteiger charge is 2.30. The summed E-state index contributed by atoms with van der Waals surface area (Å²) in [4.78, 5) is 14.8. The number of pyridine rings is 1. The average Bonchev–Trinajstić information content (AvgIpc) is 2.96. The van der Waals surface area contributed by atoms with Gasteiger partial charge < -0.3 is 14.6 Å². The number of hydrogen-bond donors (Lipinski definition) is 0. The van der Waals surface area contributed by atoms with Gasteiger partial charge in [-0.05, 0) is 36.3 Å². The number of carbonyl (C=O) groups excluding carboxylic acids is 1. The number of fused-ring (bicyclic) bond motifs is 1. The van der Waals surface area contributed by atoms with Crippen LogP contribution in [0, 0.1) is 11.8 Å². The van der Waals surface area contributed by atoms with Gasteiger partial charge in [-0.25, -0.2) is 4.98 Å². The Morgan fingerprint density at radius 1 is 1.19 bits per heavy atom. The number of ether oxygens (including phenoxy) is 1. The standard InChI is InChI=1S/C19H13F3N2O3/c20-19(21,22)14-5-3-4-13(10-14)7-8-16-15(11-27-12-18(25)26)23-17-6-1-2-9-24(16)17/h1-6,9-10H,11-12H2,(H,25,26)/p-1. The molecule has 8 heteroatoms. The maximum absolute atomic E-state index is 12.8. The average molecular weight is 373 g/mol. The van der Waals surface area contributed by atoms with Gasteiger partial charge in [-0.1, -0.05) is 18.1 Å². The number of carboxylic acid groups (broad SMARTS) is 1. The summed E-state index contributed by atoms with van der Waals surface area (Å²) in [6, 6.07) is 9.91. The fourth-order valence-electron chi connectivity index (χ4n) is 2.41. The molecule has 3 rings (SSSR count). The molecule has 138 valence electrons. The van der Waals surface area contributed by atoms with Crippen molar-refractivity contribution in [3.63, 3.8) is 0 Å². The SMILES string of the molecule is O=C([O-])COCc1nc2ccccn2c1C#Cc1cccc(C(F)(F)F)c1. The van der Waals surface area contributed by atoms with E-state index in [1.54, 1.807) is 28.8 Å². The molecule has 0 saturated heterocycles. The van der Waals surface area contributed by atoms with Crippen LogP contribution in [0.25, 0.3) is 5.65 Å². The van der Waals surface area contributed by atoms with E-state index in [0.717, 1.165) is 12.1 Å². The minimum absolute atomic E-state index is 0.123. The van der Waals surface area contributed by atoms with Crippen LogP contribution in [0.3, 0.4) is 0 Å². The van der Waals surface area contributed by atoms with Crippen molar-refractivity contribution in [1.29, 1.82) is 0 Å². The molecule has 5 nitrogen and oxygen atoms in total. The molecule has 0 N–H and O–H groups in total. The molecule has 0 aliphatic carbocycles. The number of aromatic nitrogens is 2. The summed E-state index contributed by atoms with van der Waals surface area (Å²) in [7, 11) is 0. The van der Waals surface area contributed by atoms with Gasteiger partial charge in [0.05, 0.1) is 24.7 Å². The predicted molar refractivity (Wildman–Crippen MR) is 87.3 cm³/mol. The van der Waals surface area contributed by atoms with E-state index in [1.807, 2.05) is 0 Å². The quantitative estimate of drug-likeness (QED) is 0.657. The lowest BCUT2D eigenvalue weighted by molar-refractivity contribution is -0.309. The molecule has 2 heterocycles. The van der Waals surface area contributed by atoms with Crippen LogP contribution >= 0.6 is 0 Å². The van der Waals surface area contributed by atoms with Crippen molar-refractivity contribution in [2.24, 2.45) is 0 Å². The van der Waals surface area contributed by atoms with Crippen LogP contribution in [-0.4, -0.2) is 22.0 Å². The Morgan fingerprint density at radius 2 is 2.00 bits per heavy atom. The van der Waals surface area contributed by atoms with Crippen LogP contribution in [0.4, 0.5) is 13.2 Å². The normalized spacial score (nSPS) is 11.2. The third-order valence-electron chi connectivity index (χ3n) is 3.58. The van der Waals surface area contributed by atoms with Crippen LogP contribution in [0.2, 0.25) is 0 Å². The summed E-state index contributed by atoms with van der Waals surface area (Å²) >= 11 is 0. The highest BCUT2D eigenvalue weighted by molar-refractivity contribution is 5.65. The van der Waals surface area contributed by atoms with Crippen LogP contribution in [0.15, 0.2) is 48.7 Å². The molecule has 0 saturated carbocycles. The van der Waals surface area contributed by atoms with E-state index in [4.69, 9.17) is 4.74 Å². The number of benzene rings is 1. The van der Waals surface area contributed by atoms with E-state index in [1.165, 1.54) is 12.1 Å². The Labute approximate surface area is 152 Å². The molecule has 0 radical (unpaired) electrons. The van der Waals surface area contributed by atoms with Crippen molar-refractivity contribution < 1.29 is 27.8 Å². The Morgan fingerprint density at radius 3 is 2.74 bits per heavy atom. The first kappa shape index (κ1) is 18.5. The smallest absolute Gasteiger partial charge is 0.416 e. The van der Waals surface area contributed by atoms with E-state index < -0.39 is 24.3 Å². The molecule has 0 fully saturated rings. The summed E-state index contributed by atoms with van der Waals surface area (Å²) < 4.78 is 45.1. The lowest BCUT2D eigenvalue weighted by Crippen LogP contribution is -2.27. The van der Waals surface area contributed by atoms with Gasteiger partial charge in [0, 0.05) is 11.8 Å². The molecule has 0 amide bonds. The number of carbonyl (C=O) groups is 1. The van der Waals surface area contributed by atoms with E-state index in [-0.39, 0.29) is 12.2 Å². The summed E-state index contributed by atoms with van der Waals surface area (Å²) in [6.45, 7) is -0.726. The molecule has 0 aliphatic heterocycles. The van der Waals surface area contributed by atoms with E-state index >= 15 is 0 Å². The van der Waals surface area contributed by atoms with Crippen LogP contribution in [-0.2, 0) is 22.3 Å². The number of hydrogen-bond acceptors (Lipinski definition) is 4. The topological polar surface area (TPSA) is 66.7 Å². The van der Waals surface area contributed by atoms with Gasteiger partial charge in [-0.15, -0.1) is 0 Å². The maximum Gasteiger partial charge on any atom is 0.416 e. The lowest BCUT2D eigenvalue weighted by Gasteiger charge is -2.06. The number of nitrogens with zero attached hydrogens (tertiary/aromatic N) is 2. The first-order valence-corrected chi connectivity index (χ1v) is 7.77. The van der Waals surface area contributed by atoms with Gasteiger partial charge in [-0.3, -0.25) is 4.40 Å². The molecular weight excluding hydrogens is 361 g/mol. The monoisotopic (exact) mass is 373 g/mol. The van der Waals surface area contributed by atoms with Gasteiger partial charge in [0.25, 0.3) is 0 Å². The maximum atomic E-state index is 12.8. The summed E-state index contributed by atoms with van der Waals surface area (Å²) in [6.07, 6.45) is -2.76. The van der Waals surface area contributed by atoms with E-state index in [9.17, 15) is 23.1 Å². The highest BCUT2D eigenvalue weighted by atomic mass is 19.4. The van der Waals surface area contributed by atoms with Crippen molar-refractivity contribution in [2.45, 2.75) is 12.8 Å². The second-order valence-electron chi connectivity index (χ2n) is 5.53. The number of rotatable bonds is 4. The second kappa shape index (κ2) is 7.51. The molecule has 1 aromatic carbocycles. The number of imidazole rings is 1. The zero-order valence-corrected chi connectivity index (χ0v) is 13.8. The number of halogens is 3. The summed E-state index contributed by atoms with van der Waals surface area (Å²) in [5.74, 6) is 4.14. The van der Waals surface area contributed by atoms with Gasteiger partial charge in [0.2, 0.25) is 0 Å². The van der Waals surface area contributed by atoms with Gasteiger partial charge in [0.15, 0.2) is 0 Å². The molecule has 0 spiro atoms. The van der Waals surface area contributed by atoms with Gasteiger partial charge in [0.1, 0.15) is 17.0 Å². The summed E-state index contributed by atoms with van der Waals surface area (Å²) in [5.41, 5.74) is 0.739. The second-order valence-corrected chi connectivity index (χ2v) is 5.53. The molecular formula is C19H12F3N2O3-. The Balaban J connectivity index is 1.97. The zero-order chi connectivity index (χ0) is 19.4. The summed E-state index contributed by atoms with van der Waals surface area (Å²) in [5, 5.41) is 10.5. The van der Waals surface area contributed by atoms with Gasteiger partial charge >= 0.3 is 6.18 Å². The lowest BCUT2D eigenvalue weighted by atomic mass is 10.1. The molecule has 2 aromatic heterocycles.